The second kappa shape index (κ2) is 8.54. The SMILES string of the molecule is CCn1c(CNC(=O)c2cccc(S(=O)(=O)N3CCCCC3C)c2)n[nH]c1=S. The lowest BCUT2D eigenvalue weighted by Crippen LogP contribution is -2.42. The van der Waals surface area contributed by atoms with Gasteiger partial charge < -0.3 is 9.88 Å². The Labute approximate surface area is 170 Å². The lowest BCUT2D eigenvalue weighted by atomic mass is 10.1. The van der Waals surface area contributed by atoms with Crippen LogP contribution in [0.15, 0.2) is 29.2 Å². The van der Waals surface area contributed by atoms with Gasteiger partial charge in [0, 0.05) is 24.7 Å². The monoisotopic (exact) mass is 423 g/mol. The summed E-state index contributed by atoms with van der Waals surface area (Å²) in [4.78, 5) is 12.7. The number of hydrogen-bond donors (Lipinski definition) is 2. The molecule has 1 aliphatic rings. The molecule has 2 aromatic rings. The van der Waals surface area contributed by atoms with Crippen molar-refractivity contribution < 1.29 is 13.2 Å². The van der Waals surface area contributed by atoms with Gasteiger partial charge in [0.2, 0.25) is 10.0 Å². The summed E-state index contributed by atoms with van der Waals surface area (Å²) in [6, 6.07) is 6.13. The topological polar surface area (TPSA) is 100 Å². The number of nitrogens with zero attached hydrogens (tertiary/aromatic N) is 3. The molecule has 1 aliphatic heterocycles. The molecule has 10 heteroatoms. The second-order valence-electron chi connectivity index (χ2n) is 6.86. The first kappa shape index (κ1) is 20.7. The van der Waals surface area contributed by atoms with Crippen molar-refractivity contribution in [1.82, 2.24) is 24.4 Å². The Bertz CT molecular complexity index is 1010. The van der Waals surface area contributed by atoms with E-state index in [9.17, 15) is 13.2 Å². The Balaban J connectivity index is 1.77. The highest BCUT2D eigenvalue weighted by atomic mass is 32.2. The van der Waals surface area contributed by atoms with Crippen LogP contribution in [0.1, 0.15) is 49.3 Å². The number of aromatic nitrogens is 3. The minimum absolute atomic E-state index is 0.0343. The van der Waals surface area contributed by atoms with Crippen molar-refractivity contribution in [2.45, 2.75) is 57.1 Å². The lowest BCUT2D eigenvalue weighted by molar-refractivity contribution is 0.0949. The molecule has 1 amide bonds. The number of sulfonamides is 1. The van der Waals surface area contributed by atoms with Crippen molar-refractivity contribution in [1.29, 1.82) is 0 Å². The molecule has 28 heavy (non-hydrogen) atoms. The van der Waals surface area contributed by atoms with E-state index in [4.69, 9.17) is 12.2 Å². The van der Waals surface area contributed by atoms with Gasteiger partial charge in [0.05, 0.1) is 11.4 Å². The first-order valence-electron chi connectivity index (χ1n) is 9.38. The molecule has 1 saturated heterocycles. The molecule has 0 bridgehead atoms. The van der Waals surface area contributed by atoms with Crippen LogP contribution in [0.3, 0.4) is 0 Å². The number of H-pyrrole nitrogens is 1. The molecule has 1 unspecified atom stereocenters. The van der Waals surface area contributed by atoms with Crippen molar-refractivity contribution in [2.75, 3.05) is 6.54 Å². The van der Waals surface area contributed by atoms with Crippen LogP contribution in [-0.2, 0) is 23.1 Å². The molecule has 1 aromatic heterocycles. The Morgan fingerprint density at radius 1 is 1.39 bits per heavy atom. The maximum Gasteiger partial charge on any atom is 0.251 e. The van der Waals surface area contributed by atoms with E-state index in [2.05, 4.69) is 15.5 Å². The predicted octanol–water partition coefficient (Wildman–Crippen LogP) is 2.45. The average molecular weight is 424 g/mol. The molecule has 8 nitrogen and oxygen atoms in total. The van der Waals surface area contributed by atoms with Gasteiger partial charge in [0.15, 0.2) is 10.6 Å². The fourth-order valence-corrected chi connectivity index (χ4v) is 5.46. The summed E-state index contributed by atoms with van der Waals surface area (Å²) in [6.45, 7) is 5.21. The van der Waals surface area contributed by atoms with Gasteiger partial charge in [-0.15, -0.1) is 0 Å². The zero-order chi connectivity index (χ0) is 20.3. The van der Waals surface area contributed by atoms with Crippen molar-refractivity contribution in [3.8, 4) is 0 Å². The predicted molar refractivity (Wildman–Crippen MR) is 108 cm³/mol. The standard InChI is InChI=1S/C18H25N5O3S2/c1-3-22-16(20-21-18(22)27)12-19-17(24)14-8-6-9-15(11-14)28(25,26)23-10-5-4-7-13(23)2/h6,8-9,11,13H,3-5,7,10,12H2,1-2H3,(H,19,24)(H,21,27). The van der Waals surface area contributed by atoms with Gasteiger partial charge in [-0.2, -0.15) is 9.40 Å². The van der Waals surface area contributed by atoms with E-state index >= 15 is 0 Å². The average Bonchev–Trinajstić information content (AvgIpc) is 3.05. The Kier molecular flexibility index (Phi) is 6.31. The zero-order valence-electron chi connectivity index (χ0n) is 16.0. The third-order valence-electron chi connectivity index (χ3n) is 5.01. The number of carbonyl (C=O) groups is 1. The number of rotatable bonds is 6. The largest absolute Gasteiger partial charge is 0.345 e. The summed E-state index contributed by atoms with van der Waals surface area (Å²) in [5.41, 5.74) is 0.294. The molecule has 152 valence electrons. The van der Waals surface area contributed by atoms with Crippen molar-refractivity contribution >= 4 is 28.1 Å². The van der Waals surface area contributed by atoms with Crippen LogP contribution in [0, 0.1) is 4.77 Å². The van der Waals surface area contributed by atoms with E-state index < -0.39 is 10.0 Å². The fourth-order valence-electron chi connectivity index (χ4n) is 3.43. The van der Waals surface area contributed by atoms with E-state index in [1.54, 1.807) is 16.7 Å². The van der Waals surface area contributed by atoms with Crippen molar-refractivity contribution in [3.05, 3.63) is 40.4 Å². The van der Waals surface area contributed by atoms with Gasteiger partial charge in [0.1, 0.15) is 0 Å². The number of amides is 1. The van der Waals surface area contributed by atoms with Gasteiger partial charge in [0.25, 0.3) is 5.91 Å². The smallest absolute Gasteiger partial charge is 0.251 e. The van der Waals surface area contributed by atoms with Crippen molar-refractivity contribution in [3.63, 3.8) is 0 Å². The van der Waals surface area contributed by atoms with Crippen LogP contribution in [0.4, 0.5) is 0 Å². The Hall–Kier alpha value is -2.04. The molecule has 0 saturated carbocycles. The number of piperidine rings is 1. The maximum absolute atomic E-state index is 13.0. The summed E-state index contributed by atoms with van der Waals surface area (Å²) in [5, 5.41) is 9.58. The quantitative estimate of drug-likeness (QED) is 0.695. The highest BCUT2D eigenvalue weighted by molar-refractivity contribution is 7.89. The Morgan fingerprint density at radius 2 is 2.18 bits per heavy atom. The first-order chi connectivity index (χ1) is 13.3. The highest BCUT2D eigenvalue weighted by Gasteiger charge is 2.31. The van der Waals surface area contributed by atoms with Crippen molar-refractivity contribution in [2.24, 2.45) is 0 Å². The number of hydrogen-bond acceptors (Lipinski definition) is 5. The van der Waals surface area contributed by atoms with E-state index in [-0.39, 0.29) is 23.4 Å². The number of nitrogens with one attached hydrogen (secondary N) is 2. The molecule has 0 radical (unpaired) electrons. The fraction of sp³-hybridized carbons (Fsp3) is 0.500. The molecule has 3 rings (SSSR count). The molecule has 1 aromatic carbocycles. The lowest BCUT2D eigenvalue weighted by Gasteiger charge is -2.32. The molecule has 0 spiro atoms. The number of aromatic amines is 1. The Morgan fingerprint density at radius 3 is 2.89 bits per heavy atom. The number of benzene rings is 1. The van der Waals surface area contributed by atoms with Crippen LogP contribution in [0.5, 0.6) is 0 Å². The molecule has 2 N–H and O–H groups in total. The normalized spacial score (nSPS) is 18.1. The van der Waals surface area contributed by atoms with Gasteiger partial charge in [-0.05, 0) is 57.1 Å². The van der Waals surface area contributed by atoms with Gasteiger partial charge in [-0.3, -0.25) is 9.89 Å². The maximum atomic E-state index is 13.0. The molecular formula is C18H25N5O3S2. The zero-order valence-corrected chi connectivity index (χ0v) is 17.6. The van der Waals surface area contributed by atoms with E-state index in [0.717, 1.165) is 19.3 Å². The van der Waals surface area contributed by atoms with E-state index in [1.165, 1.54) is 16.4 Å². The van der Waals surface area contributed by atoms with Crippen LogP contribution in [-0.4, -0.2) is 46.0 Å². The summed E-state index contributed by atoms with van der Waals surface area (Å²) in [5.74, 6) is 0.257. The van der Waals surface area contributed by atoms with E-state index in [0.29, 0.717) is 29.2 Å². The van der Waals surface area contributed by atoms with Crippen LogP contribution >= 0.6 is 12.2 Å². The first-order valence-corrected chi connectivity index (χ1v) is 11.2. The second-order valence-corrected chi connectivity index (χ2v) is 9.14. The van der Waals surface area contributed by atoms with Gasteiger partial charge in [-0.1, -0.05) is 12.5 Å². The molecular weight excluding hydrogens is 398 g/mol. The summed E-state index contributed by atoms with van der Waals surface area (Å²) >= 11 is 5.14. The van der Waals surface area contributed by atoms with Gasteiger partial charge >= 0.3 is 0 Å². The summed E-state index contributed by atoms with van der Waals surface area (Å²) < 4.78 is 29.8. The third-order valence-corrected chi connectivity index (χ3v) is 7.33. The van der Waals surface area contributed by atoms with Crippen LogP contribution in [0.2, 0.25) is 0 Å². The molecule has 1 fully saturated rings. The minimum atomic E-state index is -3.62. The summed E-state index contributed by atoms with van der Waals surface area (Å²) in [7, 11) is -3.62. The van der Waals surface area contributed by atoms with Crippen LogP contribution in [0.25, 0.3) is 0 Å². The molecule has 1 atom stereocenters. The summed E-state index contributed by atoms with van der Waals surface area (Å²) in [6.07, 6.45) is 2.74. The minimum Gasteiger partial charge on any atom is -0.345 e. The third kappa shape index (κ3) is 4.18. The molecule has 2 heterocycles. The van der Waals surface area contributed by atoms with Crippen LogP contribution < -0.4 is 5.32 Å². The number of carbonyl (C=O) groups excluding carboxylic acids is 1. The highest BCUT2D eigenvalue weighted by Crippen LogP contribution is 2.25. The van der Waals surface area contributed by atoms with Gasteiger partial charge in [-0.25, -0.2) is 8.42 Å². The molecule has 0 aliphatic carbocycles. The van der Waals surface area contributed by atoms with E-state index in [1.807, 2.05) is 13.8 Å².